The Morgan fingerprint density at radius 1 is 1.52 bits per heavy atom. The number of allylic oxidation sites excluding steroid dienone is 1. The van der Waals surface area contributed by atoms with Gasteiger partial charge in [0.25, 0.3) is 0 Å². The highest BCUT2D eigenvalue weighted by Gasteiger charge is 2.15. The van der Waals surface area contributed by atoms with Crippen LogP contribution < -0.4 is 10.5 Å². The fraction of sp³-hybridized carbons (Fsp3) is 0.294. The van der Waals surface area contributed by atoms with E-state index in [0.29, 0.717) is 34.3 Å². The fourth-order valence-electron chi connectivity index (χ4n) is 1.65. The topological polar surface area (TPSA) is 96.3 Å². The Morgan fingerprint density at radius 3 is 2.65 bits per heavy atom. The number of carboxylic acids is 1. The van der Waals surface area contributed by atoms with Crippen LogP contribution in [0.3, 0.4) is 0 Å². The van der Waals surface area contributed by atoms with Crippen molar-refractivity contribution in [1.82, 2.24) is 0 Å². The van der Waals surface area contributed by atoms with Gasteiger partial charge in [0.2, 0.25) is 0 Å². The first-order chi connectivity index (χ1) is 10.8. The quantitative estimate of drug-likeness (QED) is 0.741. The minimum Gasteiger partial charge on any atom is -0.492 e. The normalized spacial score (nSPS) is 11.6. The van der Waals surface area contributed by atoms with E-state index in [1.807, 2.05) is 13.8 Å². The van der Waals surface area contributed by atoms with E-state index in [-0.39, 0.29) is 10.6 Å². The monoisotopic (exact) mass is 332 g/mol. The van der Waals surface area contributed by atoms with Crippen LogP contribution in [0.4, 0.5) is 0 Å². The maximum atomic E-state index is 11.2. The number of ether oxygens (including phenoxy) is 1. The Bertz CT molecular complexity index is 684. The maximum absolute atomic E-state index is 11.2. The van der Waals surface area contributed by atoms with Gasteiger partial charge in [0.15, 0.2) is 0 Å². The molecule has 0 saturated carbocycles. The Balaban J connectivity index is 3.02. The number of benzene rings is 1. The molecule has 1 rings (SSSR count). The molecule has 0 bridgehead atoms. The Hall–Kier alpha value is -2.39. The van der Waals surface area contributed by atoms with Gasteiger partial charge in [-0.2, -0.15) is 5.26 Å². The molecule has 3 N–H and O–H groups in total. The summed E-state index contributed by atoms with van der Waals surface area (Å²) < 4.78 is 5.60. The van der Waals surface area contributed by atoms with Crippen LogP contribution in [0, 0.1) is 17.2 Å². The van der Waals surface area contributed by atoms with Crippen molar-refractivity contribution in [3.05, 3.63) is 46.5 Å². The van der Waals surface area contributed by atoms with Crippen molar-refractivity contribution < 1.29 is 14.6 Å². The zero-order valence-corrected chi connectivity index (χ0v) is 14.2. The smallest absolute Gasteiger partial charge is 0.344 e. The highest BCUT2D eigenvalue weighted by Crippen LogP contribution is 2.35. The van der Waals surface area contributed by atoms with Crippen molar-refractivity contribution in [2.45, 2.75) is 20.8 Å². The largest absolute Gasteiger partial charge is 0.492 e. The van der Waals surface area contributed by atoms with Crippen LogP contribution in [0.2, 0.25) is 0 Å². The van der Waals surface area contributed by atoms with E-state index in [4.69, 9.17) is 15.6 Å². The van der Waals surface area contributed by atoms with Gasteiger partial charge in [-0.05, 0) is 30.5 Å². The SMILES string of the molecule is C=C(S/C(C(=O)O)=C(/C)N)c1ccc(OCC(C)C)c(C#N)c1. The van der Waals surface area contributed by atoms with Gasteiger partial charge in [-0.25, -0.2) is 4.79 Å². The van der Waals surface area contributed by atoms with Crippen molar-refractivity contribution in [3.63, 3.8) is 0 Å². The number of carboxylic acid groups (broad SMARTS) is 1. The summed E-state index contributed by atoms with van der Waals surface area (Å²) in [5.74, 6) is -0.247. The van der Waals surface area contributed by atoms with Gasteiger partial charge in [-0.1, -0.05) is 38.3 Å². The second-order valence-electron chi connectivity index (χ2n) is 5.37. The first-order valence-electron chi connectivity index (χ1n) is 7.00. The molecular weight excluding hydrogens is 312 g/mol. The number of rotatable bonds is 7. The van der Waals surface area contributed by atoms with E-state index in [2.05, 4.69) is 12.6 Å². The summed E-state index contributed by atoms with van der Waals surface area (Å²) in [6, 6.07) is 7.16. The van der Waals surface area contributed by atoms with Crippen LogP contribution in [0.1, 0.15) is 31.9 Å². The molecule has 0 aromatic heterocycles. The lowest BCUT2D eigenvalue weighted by atomic mass is 10.1. The minimum atomic E-state index is -1.10. The fourth-order valence-corrected chi connectivity index (χ4v) is 2.39. The Labute approximate surface area is 140 Å². The molecule has 0 amide bonds. The van der Waals surface area contributed by atoms with Gasteiger partial charge in [-0.15, -0.1) is 0 Å². The molecule has 0 radical (unpaired) electrons. The Morgan fingerprint density at radius 2 is 2.17 bits per heavy atom. The summed E-state index contributed by atoms with van der Waals surface area (Å²) in [6.45, 7) is 9.95. The first kappa shape index (κ1) is 18.7. The van der Waals surface area contributed by atoms with Crippen molar-refractivity contribution in [1.29, 1.82) is 5.26 Å². The van der Waals surface area contributed by atoms with Crippen LogP contribution in [0.15, 0.2) is 35.4 Å². The molecule has 0 saturated heterocycles. The number of nitrogens with two attached hydrogens (primary N) is 1. The molecular formula is C17H20N2O3S. The second kappa shape index (κ2) is 8.30. The summed E-state index contributed by atoms with van der Waals surface area (Å²) in [5, 5.41) is 18.4. The maximum Gasteiger partial charge on any atom is 0.344 e. The molecule has 0 heterocycles. The highest BCUT2D eigenvalue weighted by molar-refractivity contribution is 8.12. The molecule has 0 atom stereocenters. The number of nitrogens with zero attached hydrogens (tertiary/aromatic N) is 1. The average molecular weight is 332 g/mol. The highest BCUT2D eigenvalue weighted by atomic mass is 32.2. The summed E-state index contributed by atoms with van der Waals surface area (Å²) in [7, 11) is 0. The first-order valence-corrected chi connectivity index (χ1v) is 7.81. The van der Waals surface area contributed by atoms with Crippen molar-refractivity contribution in [3.8, 4) is 11.8 Å². The lowest BCUT2D eigenvalue weighted by Crippen LogP contribution is -2.06. The van der Waals surface area contributed by atoms with E-state index >= 15 is 0 Å². The van der Waals surface area contributed by atoms with Gasteiger partial charge in [0, 0.05) is 10.6 Å². The van der Waals surface area contributed by atoms with E-state index in [9.17, 15) is 10.1 Å². The number of aliphatic carboxylic acids is 1. The number of nitriles is 1. The van der Waals surface area contributed by atoms with E-state index < -0.39 is 5.97 Å². The van der Waals surface area contributed by atoms with Gasteiger partial charge < -0.3 is 15.6 Å². The molecule has 1 aromatic carbocycles. The summed E-state index contributed by atoms with van der Waals surface area (Å²) >= 11 is 0.968. The molecule has 0 unspecified atom stereocenters. The van der Waals surface area contributed by atoms with E-state index in [1.165, 1.54) is 6.92 Å². The predicted octanol–water partition coefficient (Wildman–Crippen LogP) is 3.57. The number of thioether (sulfide) groups is 1. The summed E-state index contributed by atoms with van der Waals surface area (Å²) in [5.41, 5.74) is 6.83. The lowest BCUT2D eigenvalue weighted by Gasteiger charge is -2.12. The number of hydrogen-bond donors (Lipinski definition) is 2. The number of carbonyl (C=O) groups is 1. The third-order valence-corrected chi connectivity index (χ3v) is 3.95. The summed E-state index contributed by atoms with van der Waals surface area (Å²) in [4.78, 5) is 11.7. The summed E-state index contributed by atoms with van der Waals surface area (Å²) in [6.07, 6.45) is 0. The average Bonchev–Trinajstić information content (AvgIpc) is 2.49. The molecule has 0 aliphatic heterocycles. The van der Waals surface area contributed by atoms with Crippen LogP contribution in [0.25, 0.3) is 4.91 Å². The third kappa shape index (κ3) is 5.38. The standard InChI is InChI=1S/C17H20N2O3S/c1-10(2)9-22-15-6-5-13(7-14(15)8-18)12(4)23-16(11(3)19)17(20)21/h5-7,10H,4,9,19H2,1-3H3,(H,20,21)/b16-11-. The molecule has 6 heteroatoms. The van der Waals surface area contributed by atoms with Gasteiger partial charge in [-0.3, -0.25) is 0 Å². The molecule has 5 nitrogen and oxygen atoms in total. The molecule has 122 valence electrons. The van der Waals surface area contributed by atoms with E-state index in [0.717, 1.165) is 11.8 Å². The van der Waals surface area contributed by atoms with Gasteiger partial charge >= 0.3 is 5.97 Å². The van der Waals surface area contributed by atoms with Crippen molar-refractivity contribution >= 4 is 22.6 Å². The zero-order valence-electron chi connectivity index (χ0n) is 13.4. The lowest BCUT2D eigenvalue weighted by molar-refractivity contribution is -0.131. The van der Waals surface area contributed by atoms with Gasteiger partial charge in [0.05, 0.1) is 12.2 Å². The molecule has 0 aliphatic rings. The molecule has 0 aliphatic carbocycles. The minimum absolute atomic E-state index is 0.0219. The van der Waals surface area contributed by atoms with Crippen molar-refractivity contribution in [2.75, 3.05) is 6.61 Å². The Kier molecular flexibility index (Phi) is 6.73. The van der Waals surface area contributed by atoms with Crippen LogP contribution in [0.5, 0.6) is 5.75 Å². The molecule has 0 spiro atoms. The van der Waals surface area contributed by atoms with E-state index in [1.54, 1.807) is 18.2 Å². The second-order valence-corrected chi connectivity index (χ2v) is 6.48. The molecule has 23 heavy (non-hydrogen) atoms. The van der Waals surface area contributed by atoms with Crippen LogP contribution in [-0.2, 0) is 4.79 Å². The molecule has 0 fully saturated rings. The van der Waals surface area contributed by atoms with Crippen LogP contribution >= 0.6 is 11.8 Å². The number of hydrogen-bond acceptors (Lipinski definition) is 5. The molecule has 1 aromatic rings. The van der Waals surface area contributed by atoms with Crippen LogP contribution in [-0.4, -0.2) is 17.7 Å². The van der Waals surface area contributed by atoms with Gasteiger partial charge in [0.1, 0.15) is 16.7 Å². The zero-order chi connectivity index (χ0) is 17.6. The third-order valence-electron chi connectivity index (χ3n) is 2.77. The predicted molar refractivity (Wildman–Crippen MR) is 92.6 cm³/mol. The van der Waals surface area contributed by atoms with Crippen molar-refractivity contribution in [2.24, 2.45) is 11.7 Å².